The topological polar surface area (TPSA) is 75.4 Å². The monoisotopic (exact) mass is 317 g/mol. The molecular weight excluding hydrogens is 290 g/mol. The Hall–Kier alpha value is -1.88. The van der Waals surface area contributed by atoms with Gasteiger partial charge in [0.15, 0.2) is 0 Å². The van der Waals surface area contributed by atoms with E-state index in [1.54, 1.807) is 0 Å². The minimum absolute atomic E-state index is 0.115. The molecule has 0 unspecified atom stereocenters. The molecule has 0 saturated heterocycles. The quantitative estimate of drug-likeness (QED) is 0.814. The molecule has 1 aliphatic heterocycles. The number of hydrogen-bond donors (Lipinski definition) is 2. The molecule has 2 amide bonds. The summed E-state index contributed by atoms with van der Waals surface area (Å²) in [6.45, 7) is 7.03. The summed E-state index contributed by atoms with van der Waals surface area (Å²) in [5.74, 6) is -0.0409. The van der Waals surface area contributed by atoms with Gasteiger partial charge in [-0.3, -0.25) is 9.59 Å². The van der Waals surface area contributed by atoms with Gasteiger partial charge in [-0.2, -0.15) is 0 Å². The van der Waals surface area contributed by atoms with Gasteiger partial charge in [-0.05, 0) is 29.9 Å². The summed E-state index contributed by atoms with van der Waals surface area (Å²) in [6, 6.07) is 7.48. The summed E-state index contributed by atoms with van der Waals surface area (Å²) < 4.78 is 0. The zero-order valence-corrected chi connectivity index (χ0v) is 14.3. The maximum atomic E-state index is 12.3. The van der Waals surface area contributed by atoms with Crippen LogP contribution in [-0.4, -0.2) is 30.9 Å². The molecule has 3 N–H and O–H groups in total. The molecular formula is C18H27N3O2. The highest BCUT2D eigenvalue weighted by atomic mass is 16.2. The molecule has 0 bridgehead atoms. The molecule has 0 radical (unpaired) electrons. The van der Waals surface area contributed by atoms with Crippen molar-refractivity contribution in [1.29, 1.82) is 0 Å². The van der Waals surface area contributed by atoms with E-state index >= 15 is 0 Å². The molecule has 0 aromatic heterocycles. The van der Waals surface area contributed by atoms with E-state index in [4.69, 9.17) is 5.73 Å². The maximum Gasteiger partial charge on any atom is 0.237 e. The highest BCUT2D eigenvalue weighted by Crippen LogP contribution is 2.28. The average molecular weight is 317 g/mol. The number of amides is 2. The lowest BCUT2D eigenvalue weighted by atomic mass is 9.87. The van der Waals surface area contributed by atoms with Crippen LogP contribution in [0.3, 0.4) is 0 Å². The average Bonchev–Trinajstić information content (AvgIpc) is 2.93. The fraction of sp³-hybridized carbons (Fsp3) is 0.556. The second kappa shape index (κ2) is 7.13. The first-order valence-electron chi connectivity index (χ1n) is 8.22. The summed E-state index contributed by atoms with van der Waals surface area (Å²) >= 11 is 0. The first-order valence-corrected chi connectivity index (χ1v) is 8.22. The first-order chi connectivity index (χ1) is 10.8. The molecule has 5 nitrogen and oxygen atoms in total. The van der Waals surface area contributed by atoms with Crippen LogP contribution in [-0.2, 0) is 16.0 Å². The molecule has 5 heteroatoms. The lowest BCUT2D eigenvalue weighted by molar-refractivity contribution is -0.125. The Labute approximate surface area is 138 Å². The summed E-state index contributed by atoms with van der Waals surface area (Å²) in [7, 11) is 0. The number of hydrogen-bond acceptors (Lipinski definition) is 3. The predicted molar refractivity (Wildman–Crippen MR) is 92.2 cm³/mol. The van der Waals surface area contributed by atoms with Crippen molar-refractivity contribution in [2.24, 2.45) is 11.1 Å². The number of carbonyl (C=O) groups excluding carboxylic acids is 2. The van der Waals surface area contributed by atoms with Crippen molar-refractivity contribution in [3.63, 3.8) is 0 Å². The van der Waals surface area contributed by atoms with Crippen LogP contribution >= 0.6 is 0 Å². The first kappa shape index (κ1) is 17.5. The maximum absolute atomic E-state index is 12.3. The smallest absolute Gasteiger partial charge is 0.237 e. The Bertz CT molecular complexity index is 578. The molecule has 23 heavy (non-hydrogen) atoms. The van der Waals surface area contributed by atoms with Gasteiger partial charge in [-0.1, -0.05) is 39.0 Å². The van der Waals surface area contributed by atoms with Gasteiger partial charge < -0.3 is 16.0 Å². The van der Waals surface area contributed by atoms with Crippen molar-refractivity contribution >= 4 is 17.5 Å². The van der Waals surface area contributed by atoms with E-state index in [-0.39, 0.29) is 17.2 Å². The van der Waals surface area contributed by atoms with Crippen molar-refractivity contribution in [1.82, 2.24) is 5.32 Å². The molecule has 126 valence electrons. The van der Waals surface area contributed by atoms with E-state index in [1.807, 2.05) is 43.9 Å². The largest absolute Gasteiger partial charge is 0.355 e. The Morgan fingerprint density at radius 1 is 1.30 bits per heavy atom. The van der Waals surface area contributed by atoms with Crippen LogP contribution in [0.15, 0.2) is 24.3 Å². The van der Waals surface area contributed by atoms with E-state index in [0.717, 1.165) is 18.7 Å². The third kappa shape index (κ3) is 4.32. The van der Waals surface area contributed by atoms with Gasteiger partial charge >= 0.3 is 0 Å². The number of benzene rings is 1. The van der Waals surface area contributed by atoms with Gasteiger partial charge in [0.05, 0.1) is 6.04 Å². The molecule has 1 aliphatic rings. The summed E-state index contributed by atoms with van der Waals surface area (Å²) in [5.41, 5.74) is 7.89. The van der Waals surface area contributed by atoms with Crippen LogP contribution in [0.1, 0.15) is 39.2 Å². The third-order valence-corrected chi connectivity index (χ3v) is 4.27. The molecule has 0 fully saturated rings. The molecule has 1 atom stereocenters. The van der Waals surface area contributed by atoms with E-state index in [1.165, 1.54) is 5.56 Å². The lowest BCUT2D eigenvalue weighted by Gasteiger charge is -2.25. The normalized spacial score (nSPS) is 15.2. The lowest BCUT2D eigenvalue weighted by Crippen LogP contribution is -2.48. The van der Waals surface area contributed by atoms with E-state index in [9.17, 15) is 9.59 Å². The van der Waals surface area contributed by atoms with Crippen LogP contribution in [0.4, 0.5) is 5.69 Å². The minimum atomic E-state index is -0.538. The van der Waals surface area contributed by atoms with Crippen molar-refractivity contribution in [3.8, 4) is 0 Å². The zero-order chi connectivity index (χ0) is 17.0. The van der Waals surface area contributed by atoms with Gasteiger partial charge in [0.2, 0.25) is 11.8 Å². The Kier molecular flexibility index (Phi) is 5.42. The second-order valence-electron chi connectivity index (χ2n) is 7.16. The summed E-state index contributed by atoms with van der Waals surface area (Å²) in [5, 5.41) is 2.82. The second-order valence-corrected chi connectivity index (χ2v) is 7.16. The van der Waals surface area contributed by atoms with Crippen molar-refractivity contribution in [2.75, 3.05) is 18.0 Å². The summed E-state index contributed by atoms with van der Waals surface area (Å²) in [6.07, 6.45) is 1.97. The number of carbonyl (C=O) groups is 2. The SMILES string of the molecule is CC(C)(C)[C@H](N)C(=O)NCCCC(=O)N1CCc2ccccc21. The zero-order valence-electron chi connectivity index (χ0n) is 14.3. The van der Waals surface area contributed by atoms with Crippen molar-refractivity contribution < 1.29 is 9.59 Å². The van der Waals surface area contributed by atoms with Crippen molar-refractivity contribution in [3.05, 3.63) is 29.8 Å². The van der Waals surface area contributed by atoms with Gasteiger partial charge in [0.1, 0.15) is 0 Å². The number of nitrogens with zero attached hydrogens (tertiary/aromatic N) is 1. The Balaban J connectivity index is 1.75. The molecule has 0 spiro atoms. The Morgan fingerprint density at radius 2 is 2.00 bits per heavy atom. The van der Waals surface area contributed by atoms with Gasteiger partial charge in [-0.15, -0.1) is 0 Å². The number of nitrogens with one attached hydrogen (secondary N) is 1. The van der Waals surface area contributed by atoms with E-state index in [0.29, 0.717) is 19.4 Å². The van der Waals surface area contributed by atoms with Crippen LogP contribution in [0, 0.1) is 5.41 Å². The number of rotatable bonds is 5. The molecule has 1 aromatic rings. The van der Waals surface area contributed by atoms with Gasteiger partial charge in [-0.25, -0.2) is 0 Å². The number of fused-ring (bicyclic) bond motifs is 1. The third-order valence-electron chi connectivity index (χ3n) is 4.27. The standard InChI is InChI=1S/C18H27N3O2/c1-18(2,3)16(19)17(23)20-11-6-9-15(22)21-12-10-13-7-4-5-8-14(13)21/h4-5,7-8,16H,6,9-12,19H2,1-3H3,(H,20,23)/t16-/m1/s1. The molecule has 2 rings (SSSR count). The number of anilines is 1. The van der Waals surface area contributed by atoms with Crippen LogP contribution < -0.4 is 16.0 Å². The Morgan fingerprint density at radius 3 is 2.70 bits per heavy atom. The number of nitrogens with two attached hydrogens (primary N) is 1. The fourth-order valence-corrected chi connectivity index (χ4v) is 2.69. The van der Waals surface area contributed by atoms with E-state index < -0.39 is 6.04 Å². The van der Waals surface area contributed by atoms with Gasteiger partial charge in [0.25, 0.3) is 0 Å². The molecule has 0 saturated carbocycles. The fourth-order valence-electron chi connectivity index (χ4n) is 2.69. The van der Waals surface area contributed by atoms with E-state index in [2.05, 4.69) is 11.4 Å². The number of para-hydroxylation sites is 1. The van der Waals surface area contributed by atoms with Crippen LogP contribution in [0.25, 0.3) is 0 Å². The minimum Gasteiger partial charge on any atom is -0.355 e. The predicted octanol–water partition coefficient (Wildman–Crippen LogP) is 1.85. The van der Waals surface area contributed by atoms with Crippen molar-refractivity contribution in [2.45, 2.75) is 46.1 Å². The molecule has 1 heterocycles. The molecule has 0 aliphatic carbocycles. The molecule has 1 aromatic carbocycles. The highest BCUT2D eigenvalue weighted by Gasteiger charge is 2.27. The van der Waals surface area contributed by atoms with Crippen LogP contribution in [0.5, 0.6) is 0 Å². The van der Waals surface area contributed by atoms with Crippen LogP contribution in [0.2, 0.25) is 0 Å². The summed E-state index contributed by atoms with van der Waals surface area (Å²) in [4.78, 5) is 26.1. The van der Waals surface area contributed by atoms with Gasteiger partial charge in [0, 0.05) is 25.2 Å². The highest BCUT2D eigenvalue weighted by molar-refractivity contribution is 5.95.